The SMILES string of the molecule is CC1(C)CC(=O)C2CNc3ccccc3NC2C1. The summed E-state index contributed by atoms with van der Waals surface area (Å²) in [5, 5.41) is 6.96. The van der Waals surface area contributed by atoms with Crippen LogP contribution in [0.2, 0.25) is 0 Å². The van der Waals surface area contributed by atoms with Gasteiger partial charge in [0, 0.05) is 19.0 Å². The number of nitrogens with one attached hydrogen (secondary N) is 2. The van der Waals surface area contributed by atoms with Gasteiger partial charge in [-0.25, -0.2) is 0 Å². The Bertz CT molecular complexity index is 481. The quantitative estimate of drug-likeness (QED) is 0.737. The summed E-state index contributed by atoms with van der Waals surface area (Å²) >= 11 is 0. The van der Waals surface area contributed by atoms with E-state index in [1.54, 1.807) is 0 Å². The fourth-order valence-electron chi connectivity index (χ4n) is 3.23. The van der Waals surface area contributed by atoms with E-state index in [0.29, 0.717) is 12.2 Å². The third-order valence-corrected chi connectivity index (χ3v) is 4.10. The molecule has 2 atom stereocenters. The zero-order valence-corrected chi connectivity index (χ0v) is 11.0. The van der Waals surface area contributed by atoms with Crippen molar-refractivity contribution >= 4 is 17.2 Å². The number of benzene rings is 1. The molecule has 0 saturated heterocycles. The maximum atomic E-state index is 12.3. The van der Waals surface area contributed by atoms with Crippen LogP contribution in [0, 0.1) is 11.3 Å². The van der Waals surface area contributed by atoms with E-state index in [1.807, 2.05) is 12.1 Å². The number of Topliss-reactive ketones (excluding diaryl/α,β-unsaturated/α-hetero) is 1. The van der Waals surface area contributed by atoms with Crippen molar-refractivity contribution in [1.29, 1.82) is 0 Å². The van der Waals surface area contributed by atoms with Gasteiger partial charge in [0.05, 0.1) is 17.3 Å². The van der Waals surface area contributed by atoms with Crippen LogP contribution in [0.4, 0.5) is 11.4 Å². The molecule has 0 spiro atoms. The van der Waals surface area contributed by atoms with Crippen LogP contribution in [0.5, 0.6) is 0 Å². The largest absolute Gasteiger partial charge is 0.383 e. The number of ketones is 1. The second-order valence-electron chi connectivity index (χ2n) is 6.30. The van der Waals surface area contributed by atoms with Crippen LogP contribution >= 0.6 is 0 Å². The first-order chi connectivity index (χ1) is 8.55. The van der Waals surface area contributed by atoms with Crippen LogP contribution in [0.15, 0.2) is 24.3 Å². The maximum absolute atomic E-state index is 12.3. The van der Waals surface area contributed by atoms with Gasteiger partial charge in [-0.2, -0.15) is 0 Å². The summed E-state index contributed by atoms with van der Waals surface area (Å²) in [6, 6.07) is 8.46. The highest BCUT2D eigenvalue weighted by atomic mass is 16.1. The molecule has 1 saturated carbocycles. The number of para-hydroxylation sites is 2. The number of hydrogen-bond donors (Lipinski definition) is 2. The summed E-state index contributed by atoms with van der Waals surface area (Å²) in [6.45, 7) is 5.13. The lowest BCUT2D eigenvalue weighted by atomic mass is 9.69. The van der Waals surface area contributed by atoms with Gasteiger partial charge in [0.1, 0.15) is 5.78 Å². The van der Waals surface area contributed by atoms with Crippen molar-refractivity contribution in [3.8, 4) is 0 Å². The molecule has 0 bridgehead atoms. The van der Waals surface area contributed by atoms with Crippen LogP contribution in [-0.2, 0) is 4.79 Å². The molecule has 1 aliphatic heterocycles. The highest BCUT2D eigenvalue weighted by Crippen LogP contribution is 2.40. The van der Waals surface area contributed by atoms with Crippen LogP contribution in [0.3, 0.4) is 0 Å². The van der Waals surface area contributed by atoms with Crippen molar-refractivity contribution in [2.75, 3.05) is 17.2 Å². The first-order valence-corrected chi connectivity index (χ1v) is 6.67. The second-order valence-corrected chi connectivity index (χ2v) is 6.30. The number of hydrogen-bond acceptors (Lipinski definition) is 3. The highest BCUT2D eigenvalue weighted by molar-refractivity contribution is 5.86. The second kappa shape index (κ2) is 4.01. The minimum absolute atomic E-state index is 0.102. The Kier molecular flexibility index (Phi) is 2.58. The third-order valence-electron chi connectivity index (χ3n) is 4.10. The maximum Gasteiger partial charge on any atom is 0.140 e. The fourth-order valence-corrected chi connectivity index (χ4v) is 3.23. The van der Waals surface area contributed by atoms with Gasteiger partial charge in [0.15, 0.2) is 0 Å². The summed E-state index contributed by atoms with van der Waals surface area (Å²) in [5.41, 5.74) is 2.35. The van der Waals surface area contributed by atoms with Gasteiger partial charge >= 0.3 is 0 Å². The molecule has 3 nitrogen and oxygen atoms in total. The molecular weight excluding hydrogens is 224 g/mol. The Morgan fingerprint density at radius 2 is 1.94 bits per heavy atom. The molecule has 1 aliphatic carbocycles. The van der Waals surface area contributed by atoms with Gasteiger partial charge < -0.3 is 10.6 Å². The van der Waals surface area contributed by atoms with Crippen molar-refractivity contribution in [2.45, 2.75) is 32.7 Å². The molecule has 0 amide bonds. The molecule has 1 aromatic rings. The molecule has 1 aromatic carbocycles. The van der Waals surface area contributed by atoms with Gasteiger partial charge in [-0.1, -0.05) is 26.0 Å². The number of carbonyl (C=O) groups excluding carboxylic acids is 1. The van der Waals surface area contributed by atoms with E-state index in [1.165, 1.54) is 0 Å². The molecule has 96 valence electrons. The number of rotatable bonds is 0. The zero-order chi connectivity index (χ0) is 12.8. The molecule has 3 rings (SSSR count). The summed E-state index contributed by atoms with van der Waals surface area (Å²) in [4.78, 5) is 12.3. The predicted molar refractivity (Wildman–Crippen MR) is 73.9 cm³/mol. The minimum atomic E-state index is 0.102. The Hall–Kier alpha value is -1.51. The van der Waals surface area contributed by atoms with Crippen LogP contribution in [0.25, 0.3) is 0 Å². The number of anilines is 2. The zero-order valence-electron chi connectivity index (χ0n) is 11.0. The van der Waals surface area contributed by atoms with E-state index < -0.39 is 0 Å². The lowest BCUT2D eigenvalue weighted by molar-refractivity contribution is -0.127. The van der Waals surface area contributed by atoms with Crippen molar-refractivity contribution in [3.63, 3.8) is 0 Å². The molecule has 3 heteroatoms. The standard InChI is InChI=1S/C15H20N2O/c1-15(2)7-13-10(14(18)8-15)9-16-11-5-3-4-6-12(11)17-13/h3-6,10,13,16-17H,7-9H2,1-2H3. The molecule has 2 N–H and O–H groups in total. The minimum Gasteiger partial charge on any atom is -0.383 e. The smallest absolute Gasteiger partial charge is 0.140 e. The van der Waals surface area contributed by atoms with Crippen LogP contribution in [-0.4, -0.2) is 18.4 Å². The molecule has 0 radical (unpaired) electrons. The lowest BCUT2D eigenvalue weighted by Gasteiger charge is -2.39. The topological polar surface area (TPSA) is 41.1 Å². The van der Waals surface area contributed by atoms with Crippen LogP contribution < -0.4 is 10.6 Å². The van der Waals surface area contributed by atoms with Crippen molar-refractivity contribution < 1.29 is 4.79 Å². The molecule has 2 aliphatic rings. The predicted octanol–water partition coefficient (Wildman–Crippen LogP) is 2.90. The summed E-state index contributed by atoms with van der Waals surface area (Å²) in [5.74, 6) is 0.495. The molecule has 1 heterocycles. The average molecular weight is 244 g/mol. The molecular formula is C15H20N2O. The monoisotopic (exact) mass is 244 g/mol. The normalized spacial score (nSPS) is 29.3. The lowest BCUT2D eigenvalue weighted by Crippen LogP contribution is -2.46. The van der Waals surface area contributed by atoms with E-state index in [-0.39, 0.29) is 17.4 Å². The average Bonchev–Trinajstić information content (AvgIpc) is 2.46. The number of fused-ring (bicyclic) bond motifs is 2. The van der Waals surface area contributed by atoms with E-state index >= 15 is 0 Å². The van der Waals surface area contributed by atoms with E-state index in [9.17, 15) is 4.79 Å². The molecule has 18 heavy (non-hydrogen) atoms. The van der Waals surface area contributed by atoms with Gasteiger partial charge in [0.2, 0.25) is 0 Å². The van der Waals surface area contributed by atoms with Crippen molar-refractivity contribution in [2.24, 2.45) is 11.3 Å². The Morgan fingerprint density at radius 1 is 1.22 bits per heavy atom. The molecule has 2 unspecified atom stereocenters. The summed E-state index contributed by atoms with van der Waals surface area (Å²) in [6.07, 6.45) is 1.76. The molecule has 1 fully saturated rings. The highest BCUT2D eigenvalue weighted by Gasteiger charge is 2.41. The Morgan fingerprint density at radius 3 is 2.72 bits per heavy atom. The van der Waals surface area contributed by atoms with Gasteiger partial charge in [-0.15, -0.1) is 0 Å². The van der Waals surface area contributed by atoms with Crippen molar-refractivity contribution in [3.05, 3.63) is 24.3 Å². The first kappa shape index (κ1) is 11.6. The summed E-state index contributed by atoms with van der Waals surface area (Å²) < 4.78 is 0. The van der Waals surface area contributed by atoms with Gasteiger partial charge in [0.25, 0.3) is 0 Å². The Labute approximate surface area is 108 Å². The first-order valence-electron chi connectivity index (χ1n) is 6.67. The molecule has 0 aromatic heterocycles. The van der Waals surface area contributed by atoms with Crippen molar-refractivity contribution in [1.82, 2.24) is 0 Å². The Balaban J connectivity index is 1.92. The van der Waals surface area contributed by atoms with Crippen LogP contribution in [0.1, 0.15) is 26.7 Å². The van der Waals surface area contributed by atoms with E-state index in [4.69, 9.17) is 0 Å². The van der Waals surface area contributed by atoms with E-state index in [0.717, 1.165) is 24.3 Å². The fraction of sp³-hybridized carbons (Fsp3) is 0.533. The van der Waals surface area contributed by atoms with Gasteiger partial charge in [-0.05, 0) is 24.0 Å². The third kappa shape index (κ3) is 1.98. The van der Waals surface area contributed by atoms with E-state index in [2.05, 4.69) is 36.6 Å². The summed E-state index contributed by atoms with van der Waals surface area (Å²) in [7, 11) is 0. The number of carbonyl (C=O) groups is 1. The van der Waals surface area contributed by atoms with Gasteiger partial charge in [-0.3, -0.25) is 4.79 Å².